The lowest BCUT2D eigenvalue weighted by molar-refractivity contribution is 0.273. The normalized spacial score (nSPS) is 13.3. The first-order valence-electron chi connectivity index (χ1n) is 6.28. The van der Waals surface area contributed by atoms with Crippen LogP contribution in [-0.2, 0) is 16.6 Å². The second-order valence-electron chi connectivity index (χ2n) is 4.65. The Morgan fingerprint density at radius 2 is 2.10 bits per heavy atom. The van der Waals surface area contributed by atoms with Gasteiger partial charge in [-0.3, -0.25) is 5.10 Å². The van der Waals surface area contributed by atoms with Crippen molar-refractivity contribution in [1.29, 1.82) is 0 Å². The number of aromatic nitrogens is 2. The molecule has 0 fully saturated rings. The maximum Gasteiger partial charge on any atom is 0.244 e. The van der Waals surface area contributed by atoms with E-state index in [-0.39, 0.29) is 16.2 Å². The van der Waals surface area contributed by atoms with Crippen molar-refractivity contribution < 1.29 is 17.9 Å². The van der Waals surface area contributed by atoms with Crippen molar-refractivity contribution in [3.05, 3.63) is 47.0 Å². The van der Waals surface area contributed by atoms with Crippen LogP contribution < -0.4 is 4.72 Å². The number of aliphatic hydroxyl groups is 1. The van der Waals surface area contributed by atoms with Gasteiger partial charge in [0.25, 0.3) is 0 Å². The maximum absolute atomic E-state index is 13.7. The average Bonchev–Trinajstić information content (AvgIpc) is 2.80. The topological polar surface area (TPSA) is 95.1 Å². The van der Waals surface area contributed by atoms with Gasteiger partial charge in [-0.25, -0.2) is 17.5 Å². The molecule has 0 amide bonds. The van der Waals surface area contributed by atoms with Crippen molar-refractivity contribution in [2.45, 2.75) is 31.4 Å². The lowest BCUT2D eigenvalue weighted by atomic mass is 10.1. The number of aromatic amines is 1. The molecule has 1 unspecified atom stereocenters. The van der Waals surface area contributed by atoms with Gasteiger partial charge in [0.2, 0.25) is 10.0 Å². The Hall–Kier alpha value is -1.77. The first-order valence-corrected chi connectivity index (χ1v) is 7.76. The molecule has 0 radical (unpaired) electrons. The highest BCUT2D eigenvalue weighted by Gasteiger charge is 2.26. The zero-order valence-corrected chi connectivity index (χ0v) is 12.4. The van der Waals surface area contributed by atoms with Gasteiger partial charge in [-0.05, 0) is 19.9 Å². The highest BCUT2D eigenvalue weighted by Crippen LogP contribution is 2.22. The van der Waals surface area contributed by atoms with Crippen molar-refractivity contribution in [2.24, 2.45) is 0 Å². The molecule has 2 aromatic rings. The van der Waals surface area contributed by atoms with Crippen LogP contribution in [0.1, 0.15) is 29.9 Å². The van der Waals surface area contributed by atoms with Crippen molar-refractivity contribution >= 4 is 10.0 Å². The molecular weight excluding hydrogens is 297 g/mol. The number of hydrogen-bond acceptors (Lipinski definition) is 4. The van der Waals surface area contributed by atoms with Gasteiger partial charge in [0.15, 0.2) is 0 Å². The Labute approximate surface area is 122 Å². The number of hydrogen-bond donors (Lipinski definition) is 3. The number of rotatable bonds is 5. The molecule has 1 heterocycles. The van der Waals surface area contributed by atoms with Crippen LogP contribution in [0.2, 0.25) is 0 Å². The molecule has 0 bridgehead atoms. The number of sulfonamides is 1. The van der Waals surface area contributed by atoms with E-state index in [1.165, 1.54) is 25.1 Å². The Bertz CT molecular complexity index is 743. The van der Waals surface area contributed by atoms with Crippen molar-refractivity contribution in [1.82, 2.24) is 14.9 Å². The summed E-state index contributed by atoms with van der Waals surface area (Å²) in [4.78, 5) is -0.104. The molecule has 8 heteroatoms. The summed E-state index contributed by atoms with van der Waals surface area (Å²) >= 11 is 0. The monoisotopic (exact) mass is 313 g/mol. The zero-order valence-electron chi connectivity index (χ0n) is 11.6. The van der Waals surface area contributed by atoms with E-state index in [2.05, 4.69) is 14.9 Å². The van der Waals surface area contributed by atoms with Gasteiger partial charge in [-0.15, -0.1) is 0 Å². The average molecular weight is 313 g/mol. The van der Waals surface area contributed by atoms with Crippen LogP contribution >= 0.6 is 0 Å². The number of benzene rings is 1. The smallest absolute Gasteiger partial charge is 0.244 e. The predicted molar refractivity (Wildman–Crippen MR) is 74.4 cm³/mol. The molecule has 2 rings (SSSR count). The summed E-state index contributed by atoms with van der Waals surface area (Å²) in [5.41, 5.74) is 0.584. The lowest BCUT2D eigenvalue weighted by Gasteiger charge is -2.15. The number of nitrogens with zero attached hydrogens (tertiary/aromatic N) is 1. The van der Waals surface area contributed by atoms with E-state index in [9.17, 15) is 12.8 Å². The molecule has 6 nitrogen and oxygen atoms in total. The molecule has 1 atom stereocenters. The third kappa shape index (κ3) is 3.12. The minimum absolute atomic E-state index is 0.0285. The Morgan fingerprint density at radius 3 is 2.71 bits per heavy atom. The third-order valence-corrected chi connectivity index (χ3v) is 4.83. The molecule has 1 aromatic heterocycles. The summed E-state index contributed by atoms with van der Waals surface area (Å²) in [5.74, 6) is -0.487. The van der Waals surface area contributed by atoms with Crippen molar-refractivity contribution in [3.8, 4) is 0 Å². The molecule has 114 valence electrons. The molecular formula is C13H16FN3O3S. The summed E-state index contributed by atoms with van der Waals surface area (Å²) in [6.45, 7) is 2.58. The van der Waals surface area contributed by atoms with Crippen molar-refractivity contribution in [3.63, 3.8) is 0 Å². The first-order chi connectivity index (χ1) is 9.86. The molecule has 1 aromatic carbocycles. The highest BCUT2D eigenvalue weighted by molar-refractivity contribution is 7.89. The van der Waals surface area contributed by atoms with E-state index >= 15 is 0 Å². The van der Waals surface area contributed by atoms with E-state index in [1.54, 1.807) is 13.0 Å². The molecule has 21 heavy (non-hydrogen) atoms. The quantitative estimate of drug-likeness (QED) is 0.777. The summed E-state index contributed by atoms with van der Waals surface area (Å²) in [7, 11) is -3.92. The van der Waals surface area contributed by atoms with Gasteiger partial charge in [0.05, 0.1) is 12.3 Å². The third-order valence-electron chi connectivity index (χ3n) is 3.08. The SMILES string of the molecule is Cc1[nH]nc(CO)c1S(=O)(=O)NC(C)c1ccccc1F. The number of aliphatic hydroxyl groups excluding tert-OH is 1. The van der Waals surface area contributed by atoms with Gasteiger partial charge in [0, 0.05) is 11.6 Å². The fourth-order valence-corrected chi connectivity index (χ4v) is 3.69. The Kier molecular flexibility index (Phi) is 4.40. The fraction of sp³-hybridized carbons (Fsp3) is 0.308. The van der Waals surface area contributed by atoms with Gasteiger partial charge in [-0.2, -0.15) is 5.10 Å². The summed E-state index contributed by atoms with van der Waals surface area (Å²) in [5, 5.41) is 15.4. The molecule has 0 saturated carbocycles. The highest BCUT2D eigenvalue weighted by atomic mass is 32.2. The molecule has 3 N–H and O–H groups in total. The predicted octanol–water partition coefficient (Wildman–Crippen LogP) is 1.39. The number of H-pyrrole nitrogens is 1. The zero-order chi connectivity index (χ0) is 15.6. The summed E-state index contributed by atoms with van der Waals surface area (Å²) in [6, 6.07) is 5.19. The molecule has 0 aliphatic heterocycles. The Balaban J connectivity index is 2.34. The van der Waals surface area contributed by atoms with Gasteiger partial charge >= 0.3 is 0 Å². The molecule has 0 aliphatic rings. The number of halogens is 1. The first kappa shape index (κ1) is 15.6. The largest absolute Gasteiger partial charge is 0.390 e. The van der Waals surface area contributed by atoms with Crippen LogP contribution in [-0.4, -0.2) is 23.7 Å². The molecule has 0 saturated heterocycles. The number of aryl methyl sites for hydroxylation is 1. The second-order valence-corrected chi connectivity index (χ2v) is 6.30. The van der Waals surface area contributed by atoms with Crippen LogP contribution in [0.25, 0.3) is 0 Å². The Morgan fingerprint density at radius 1 is 1.43 bits per heavy atom. The van der Waals surface area contributed by atoms with E-state index in [1.807, 2.05) is 0 Å². The van der Waals surface area contributed by atoms with E-state index in [4.69, 9.17) is 5.11 Å². The standard InChI is InChI=1S/C13H16FN3O3S/c1-8(10-5-3-4-6-11(10)14)17-21(19,20)13-9(2)15-16-12(13)7-18/h3-6,8,17-18H,7H2,1-2H3,(H,15,16). The van der Waals surface area contributed by atoms with Crippen LogP contribution in [0.4, 0.5) is 4.39 Å². The van der Waals surface area contributed by atoms with Gasteiger partial charge in [-0.1, -0.05) is 18.2 Å². The van der Waals surface area contributed by atoms with Gasteiger partial charge < -0.3 is 5.11 Å². The lowest BCUT2D eigenvalue weighted by Crippen LogP contribution is -2.28. The molecule has 0 aliphatic carbocycles. The summed E-state index contributed by atoms with van der Waals surface area (Å²) < 4.78 is 40.8. The van der Waals surface area contributed by atoms with Crippen LogP contribution in [0.3, 0.4) is 0 Å². The maximum atomic E-state index is 13.7. The van der Waals surface area contributed by atoms with E-state index < -0.39 is 28.5 Å². The minimum Gasteiger partial charge on any atom is -0.390 e. The van der Waals surface area contributed by atoms with Crippen molar-refractivity contribution in [2.75, 3.05) is 0 Å². The minimum atomic E-state index is -3.92. The summed E-state index contributed by atoms with van der Waals surface area (Å²) in [6.07, 6.45) is 0. The van der Waals surface area contributed by atoms with Crippen LogP contribution in [0.15, 0.2) is 29.2 Å². The van der Waals surface area contributed by atoms with Gasteiger partial charge in [0.1, 0.15) is 16.4 Å². The van der Waals surface area contributed by atoms with Crippen LogP contribution in [0, 0.1) is 12.7 Å². The van der Waals surface area contributed by atoms with Crippen LogP contribution in [0.5, 0.6) is 0 Å². The number of nitrogens with one attached hydrogen (secondary N) is 2. The fourth-order valence-electron chi connectivity index (χ4n) is 2.11. The van der Waals surface area contributed by atoms with E-state index in [0.717, 1.165) is 0 Å². The van der Waals surface area contributed by atoms with E-state index in [0.29, 0.717) is 5.69 Å². The molecule has 0 spiro atoms. The second kappa shape index (κ2) is 5.92.